The van der Waals surface area contributed by atoms with Crippen molar-refractivity contribution in [1.29, 1.82) is 0 Å². The third-order valence-corrected chi connectivity index (χ3v) is 2.19. The first-order chi connectivity index (χ1) is 9.58. The number of carbonyl (C=O) groups is 1. The summed E-state index contributed by atoms with van der Waals surface area (Å²) in [7, 11) is 0. The highest BCUT2D eigenvalue weighted by molar-refractivity contribution is 5.88. The monoisotopic (exact) mass is 280 g/mol. The van der Waals surface area contributed by atoms with Crippen molar-refractivity contribution in [2.24, 2.45) is 0 Å². The Bertz CT molecular complexity index is 715. The summed E-state index contributed by atoms with van der Waals surface area (Å²) < 4.78 is 5.90. The molecule has 2 aromatic heterocycles. The zero-order valence-corrected chi connectivity index (χ0v) is 10.5. The van der Waals surface area contributed by atoms with Crippen molar-refractivity contribution in [3.05, 3.63) is 32.8 Å². The molecule has 0 spiro atoms. The van der Waals surface area contributed by atoms with E-state index in [-0.39, 0.29) is 18.5 Å². The molecule has 0 aliphatic carbocycles. The van der Waals surface area contributed by atoms with Gasteiger partial charge in [0.2, 0.25) is 11.9 Å². The Kier molecular flexibility index (Phi) is 3.93. The first-order valence-corrected chi connectivity index (χ1v) is 5.73. The summed E-state index contributed by atoms with van der Waals surface area (Å²) in [5.41, 5.74) is -0.969. The van der Waals surface area contributed by atoms with E-state index < -0.39 is 17.0 Å². The average Bonchev–Trinajstić information content (AvgIpc) is 2.81. The Morgan fingerprint density at radius 2 is 2.25 bits per heavy atom. The minimum atomic E-state index is -0.548. The van der Waals surface area contributed by atoms with Crippen molar-refractivity contribution >= 4 is 11.9 Å². The second-order valence-corrected chi connectivity index (χ2v) is 3.68. The highest BCUT2D eigenvalue weighted by Crippen LogP contribution is 2.04. The van der Waals surface area contributed by atoms with E-state index >= 15 is 0 Å². The van der Waals surface area contributed by atoms with E-state index in [1.165, 1.54) is 0 Å². The molecule has 0 saturated carbocycles. The van der Waals surface area contributed by atoms with Crippen LogP contribution in [0, 0.1) is 0 Å². The molecule has 0 aliphatic rings. The fraction of sp³-hybridized carbons (Fsp3) is 0.300. The summed E-state index contributed by atoms with van der Waals surface area (Å²) >= 11 is 0. The molecule has 10 nitrogen and oxygen atoms in total. The summed E-state index contributed by atoms with van der Waals surface area (Å²) in [5.74, 6) is -0.460. The smallest absolute Gasteiger partial charge is 0.337 e. The molecule has 2 rings (SSSR count). The van der Waals surface area contributed by atoms with Gasteiger partial charge in [-0.05, 0) is 6.92 Å². The number of carbonyl (C=O) groups excluding carboxylic acids is 1. The lowest BCUT2D eigenvalue weighted by Gasteiger charge is -2.03. The van der Waals surface area contributed by atoms with Crippen LogP contribution in [0.2, 0.25) is 0 Å². The molecular weight excluding hydrogens is 268 g/mol. The molecule has 10 heteroatoms. The standard InChI is InChI=1S/C10H12N6O4/c1-2-20-10-12-9(13-14-10)11-7(18)5-16-8(19)4-3-6(17)15-16/h3-4H,2,5H2,1H3,(H,15,17)(H2,11,12,13,14,18). The van der Waals surface area contributed by atoms with Crippen LogP contribution in [0.4, 0.5) is 5.95 Å². The number of ether oxygens (including phenoxy) is 1. The van der Waals surface area contributed by atoms with Gasteiger partial charge in [-0.3, -0.25) is 24.8 Å². The van der Waals surface area contributed by atoms with E-state index in [9.17, 15) is 14.4 Å². The lowest BCUT2D eigenvalue weighted by Crippen LogP contribution is -2.33. The number of anilines is 1. The molecule has 0 atom stereocenters. The second-order valence-electron chi connectivity index (χ2n) is 3.68. The minimum absolute atomic E-state index is 0.0878. The Morgan fingerprint density at radius 1 is 1.45 bits per heavy atom. The molecule has 2 aromatic rings. The van der Waals surface area contributed by atoms with Gasteiger partial charge in [0.1, 0.15) is 6.54 Å². The minimum Gasteiger partial charge on any atom is -0.463 e. The van der Waals surface area contributed by atoms with Crippen LogP contribution in [-0.4, -0.2) is 37.5 Å². The fourth-order valence-corrected chi connectivity index (χ4v) is 1.39. The molecule has 0 radical (unpaired) electrons. The number of aromatic amines is 2. The van der Waals surface area contributed by atoms with Gasteiger partial charge in [-0.2, -0.15) is 4.98 Å². The molecule has 0 fully saturated rings. The van der Waals surface area contributed by atoms with Crippen molar-refractivity contribution in [1.82, 2.24) is 25.0 Å². The van der Waals surface area contributed by atoms with Gasteiger partial charge in [-0.15, -0.1) is 5.10 Å². The molecule has 2 heterocycles. The van der Waals surface area contributed by atoms with Crippen LogP contribution in [0.1, 0.15) is 6.92 Å². The van der Waals surface area contributed by atoms with Crippen LogP contribution in [0.5, 0.6) is 6.01 Å². The molecule has 1 amide bonds. The third kappa shape index (κ3) is 3.31. The summed E-state index contributed by atoms with van der Waals surface area (Å²) in [6, 6.07) is 2.27. The van der Waals surface area contributed by atoms with E-state index in [1.54, 1.807) is 6.92 Å². The zero-order valence-electron chi connectivity index (χ0n) is 10.5. The Labute approximate surface area is 111 Å². The van der Waals surface area contributed by atoms with Crippen molar-refractivity contribution in [3.8, 4) is 6.01 Å². The van der Waals surface area contributed by atoms with Gasteiger partial charge in [0.25, 0.3) is 11.1 Å². The number of nitrogens with zero attached hydrogens (tertiary/aromatic N) is 3. The number of amides is 1. The molecule has 3 N–H and O–H groups in total. The number of aromatic nitrogens is 5. The van der Waals surface area contributed by atoms with Gasteiger partial charge in [0.15, 0.2) is 0 Å². The van der Waals surface area contributed by atoms with E-state index in [4.69, 9.17) is 4.74 Å². The van der Waals surface area contributed by atoms with Gasteiger partial charge in [-0.25, -0.2) is 9.78 Å². The number of hydrogen-bond acceptors (Lipinski definition) is 6. The predicted molar refractivity (Wildman–Crippen MR) is 67.5 cm³/mol. The number of hydrogen-bond donors (Lipinski definition) is 3. The van der Waals surface area contributed by atoms with E-state index in [1.807, 2.05) is 0 Å². The van der Waals surface area contributed by atoms with Crippen molar-refractivity contribution < 1.29 is 9.53 Å². The molecule has 0 aliphatic heterocycles. The number of nitrogens with one attached hydrogen (secondary N) is 3. The van der Waals surface area contributed by atoms with Crippen molar-refractivity contribution in [2.75, 3.05) is 11.9 Å². The van der Waals surface area contributed by atoms with E-state index in [2.05, 4.69) is 25.6 Å². The van der Waals surface area contributed by atoms with Gasteiger partial charge in [0.05, 0.1) is 6.61 Å². The Morgan fingerprint density at radius 3 is 3.00 bits per heavy atom. The number of H-pyrrole nitrogens is 2. The second kappa shape index (κ2) is 5.82. The molecule has 0 unspecified atom stereocenters. The molecule has 0 saturated heterocycles. The van der Waals surface area contributed by atoms with Crippen molar-refractivity contribution in [2.45, 2.75) is 13.5 Å². The van der Waals surface area contributed by atoms with Crippen LogP contribution in [0.3, 0.4) is 0 Å². The molecular formula is C10H12N6O4. The van der Waals surface area contributed by atoms with Crippen LogP contribution >= 0.6 is 0 Å². The van der Waals surface area contributed by atoms with Crippen molar-refractivity contribution in [3.63, 3.8) is 0 Å². The summed E-state index contributed by atoms with van der Waals surface area (Å²) in [6.45, 7) is 1.82. The summed E-state index contributed by atoms with van der Waals surface area (Å²) in [4.78, 5) is 38.0. The topological polar surface area (TPSA) is 135 Å². The van der Waals surface area contributed by atoms with Gasteiger partial charge in [-0.1, -0.05) is 0 Å². The molecule has 106 valence electrons. The third-order valence-electron chi connectivity index (χ3n) is 2.19. The van der Waals surface area contributed by atoms with E-state index in [0.29, 0.717) is 6.61 Å². The summed E-state index contributed by atoms with van der Waals surface area (Å²) in [5, 5.41) is 10.8. The normalized spacial score (nSPS) is 10.2. The zero-order chi connectivity index (χ0) is 14.5. The first kappa shape index (κ1) is 13.5. The highest BCUT2D eigenvalue weighted by atomic mass is 16.5. The highest BCUT2D eigenvalue weighted by Gasteiger charge is 2.09. The van der Waals surface area contributed by atoms with E-state index in [0.717, 1.165) is 16.8 Å². The largest absolute Gasteiger partial charge is 0.463 e. The maximum absolute atomic E-state index is 11.7. The van der Waals surface area contributed by atoms with Gasteiger partial charge >= 0.3 is 6.01 Å². The summed E-state index contributed by atoms with van der Waals surface area (Å²) in [6.07, 6.45) is 0. The van der Waals surface area contributed by atoms with Crippen LogP contribution in [-0.2, 0) is 11.3 Å². The lowest BCUT2D eigenvalue weighted by molar-refractivity contribution is -0.117. The lowest BCUT2D eigenvalue weighted by atomic mass is 10.5. The predicted octanol–water partition coefficient (Wildman–Crippen LogP) is -1.31. The van der Waals surface area contributed by atoms with Crippen LogP contribution < -0.4 is 21.2 Å². The first-order valence-electron chi connectivity index (χ1n) is 5.73. The number of rotatable bonds is 5. The molecule has 20 heavy (non-hydrogen) atoms. The maximum atomic E-state index is 11.7. The maximum Gasteiger partial charge on any atom is 0.337 e. The van der Waals surface area contributed by atoms with Gasteiger partial charge < -0.3 is 4.74 Å². The average molecular weight is 280 g/mol. The van der Waals surface area contributed by atoms with Crippen LogP contribution in [0.25, 0.3) is 0 Å². The molecule has 0 aromatic carbocycles. The Balaban J connectivity index is 2.03. The van der Waals surface area contributed by atoms with Crippen LogP contribution in [0.15, 0.2) is 21.7 Å². The quantitative estimate of drug-likeness (QED) is 0.622. The molecule has 0 bridgehead atoms. The fourth-order valence-electron chi connectivity index (χ4n) is 1.39. The SMILES string of the molecule is CCOc1n[nH]c(NC(=O)Cn2[nH]c(=O)ccc2=O)n1. The Hall–Kier alpha value is -2.91. The van der Waals surface area contributed by atoms with Gasteiger partial charge in [0, 0.05) is 12.1 Å².